The molecule has 0 bridgehead atoms. The van der Waals surface area contributed by atoms with Gasteiger partial charge in [-0.25, -0.2) is 4.98 Å². The summed E-state index contributed by atoms with van der Waals surface area (Å²) >= 11 is 1.52. The van der Waals surface area contributed by atoms with Crippen LogP contribution >= 0.6 is 11.3 Å². The van der Waals surface area contributed by atoms with E-state index in [1.807, 2.05) is 6.92 Å². The molecule has 7 nitrogen and oxygen atoms in total. The predicted octanol–water partition coefficient (Wildman–Crippen LogP) is 3.30. The SMILES string of the molecule is CCc1nc2sc([C@@H](c3ccc(C)cc3)N3CCC4(CC3)OCCO4)c(O)n2n1. The Morgan fingerprint density at radius 2 is 1.86 bits per heavy atom. The summed E-state index contributed by atoms with van der Waals surface area (Å²) in [5.74, 6) is 0.523. The average Bonchev–Trinajstić information content (AvgIpc) is 3.43. The molecule has 1 spiro atoms. The van der Waals surface area contributed by atoms with E-state index < -0.39 is 5.79 Å². The Bertz CT molecular complexity index is 997. The number of likely N-dealkylation sites (tertiary alicyclic amines) is 1. The summed E-state index contributed by atoms with van der Waals surface area (Å²) in [5.41, 5.74) is 2.38. The second-order valence-corrected chi connectivity index (χ2v) is 8.83. The Hall–Kier alpha value is -2.00. The monoisotopic (exact) mass is 414 g/mol. The lowest BCUT2D eigenvalue weighted by Gasteiger charge is -2.41. The Balaban J connectivity index is 1.52. The number of fused-ring (bicyclic) bond motifs is 1. The highest BCUT2D eigenvalue weighted by Gasteiger charge is 2.42. The maximum atomic E-state index is 11.0. The minimum absolute atomic E-state index is 0.0482. The number of rotatable bonds is 4. The third-order valence-corrected chi connectivity index (χ3v) is 7.01. The van der Waals surface area contributed by atoms with Gasteiger partial charge in [0.15, 0.2) is 11.6 Å². The van der Waals surface area contributed by atoms with Crippen molar-refractivity contribution in [2.45, 2.75) is 44.9 Å². The minimum Gasteiger partial charge on any atom is -0.492 e. The maximum absolute atomic E-state index is 11.0. The van der Waals surface area contributed by atoms with E-state index in [2.05, 4.69) is 46.2 Å². The van der Waals surface area contributed by atoms with Crippen molar-refractivity contribution in [3.63, 3.8) is 0 Å². The molecule has 154 valence electrons. The fraction of sp³-hybridized carbons (Fsp3) is 0.524. The quantitative estimate of drug-likeness (QED) is 0.706. The fourth-order valence-electron chi connectivity index (χ4n) is 4.30. The molecule has 3 aromatic rings. The van der Waals surface area contributed by atoms with E-state index in [1.54, 1.807) is 4.52 Å². The Morgan fingerprint density at radius 1 is 1.17 bits per heavy atom. The highest BCUT2D eigenvalue weighted by molar-refractivity contribution is 7.17. The highest BCUT2D eigenvalue weighted by atomic mass is 32.1. The van der Waals surface area contributed by atoms with Crippen LogP contribution in [0, 0.1) is 6.92 Å². The highest BCUT2D eigenvalue weighted by Crippen LogP contribution is 2.42. The summed E-state index contributed by atoms with van der Waals surface area (Å²) in [6.45, 7) is 7.14. The number of piperidine rings is 1. The number of aromatic nitrogens is 3. The zero-order valence-electron chi connectivity index (χ0n) is 16.8. The van der Waals surface area contributed by atoms with Crippen LogP contribution in [0.2, 0.25) is 0 Å². The lowest BCUT2D eigenvalue weighted by Crippen LogP contribution is -2.46. The van der Waals surface area contributed by atoms with Crippen LogP contribution in [-0.2, 0) is 15.9 Å². The Kier molecular flexibility index (Phi) is 4.82. The molecule has 2 aliphatic heterocycles. The molecular formula is C21H26N4O3S. The number of hydrogen-bond donors (Lipinski definition) is 1. The van der Waals surface area contributed by atoms with Gasteiger partial charge < -0.3 is 14.6 Å². The van der Waals surface area contributed by atoms with Gasteiger partial charge in [-0.3, -0.25) is 4.90 Å². The Labute approximate surface area is 173 Å². The van der Waals surface area contributed by atoms with Gasteiger partial charge in [0.05, 0.1) is 24.1 Å². The molecule has 2 saturated heterocycles. The fourth-order valence-corrected chi connectivity index (χ4v) is 5.44. The van der Waals surface area contributed by atoms with Gasteiger partial charge in [-0.05, 0) is 12.5 Å². The van der Waals surface area contributed by atoms with E-state index in [4.69, 9.17) is 9.47 Å². The van der Waals surface area contributed by atoms with Crippen LogP contribution in [-0.4, -0.2) is 56.7 Å². The average molecular weight is 415 g/mol. The largest absolute Gasteiger partial charge is 0.492 e. The van der Waals surface area contributed by atoms with Crippen molar-refractivity contribution in [1.29, 1.82) is 0 Å². The molecule has 29 heavy (non-hydrogen) atoms. The summed E-state index contributed by atoms with van der Waals surface area (Å²) < 4.78 is 13.4. The third kappa shape index (κ3) is 3.34. The number of nitrogens with zero attached hydrogens (tertiary/aromatic N) is 4. The first-order chi connectivity index (χ1) is 14.1. The van der Waals surface area contributed by atoms with Gasteiger partial charge in [0.25, 0.3) is 0 Å². The van der Waals surface area contributed by atoms with Crippen LogP contribution in [0.4, 0.5) is 0 Å². The molecule has 0 amide bonds. The molecule has 0 aliphatic carbocycles. The topological polar surface area (TPSA) is 72.1 Å². The van der Waals surface area contributed by atoms with E-state index in [1.165, 1.54) is 16.9 Å². The molecule has 2 aliphatic rings. The van der Waals surface area contributed by atoms with Crippen molar-refractivity contribution in [2.75, 3.05) is 26.3 Å². The number of thiazole rings is 1. The molecule has 0 radical (unpaired) electrons. The van der Waals surface area contributed by atoms with Crippen LogP contribution in [0.15, 0.2) is 24.3 Å². The molecule has 2 aromatic heterocycles. The predicted molar refractivity (Wildman–Crippen MR) is 110 cm³/mol. The normalized spacial score (nSPS) is 20.6. The van der Waals surface area contributed by atoms with Crippen LogP contribution in [0.25, 0.3) is 4.96 Å². The molecule has 5 rings (SSSR count). The van der Waals surface area contributed by atoms with Gasteiger partial charge in [-0.15, -0.1) is 5.10 Å². The molecule has 2 fully saturated rings. The number of hydrogen-bond acceptors (Lipinski definition) is 7. The van der Waals surface area contributed by atoms with Crippen molar-refractivity contribution < 1.29 is 14.6 Å². The molecule has 8 heteroatoms. The standard InChI is InChI=1S/C21H26N4O3S/c1-3-16-22-20-25(23-16)19(26)18(29-20)17(15-6-4-14(2)5-7-15)24-10-8-21(9-11-24)27-12-13-28-21/h4-7,17,26H,3,8-13H2,1-2H3/t17-/m1/s1. The third-order valence-electron chi connectivity index (χ3n) is 5.94. The van der Waals surface area contributed by atoms with E-state index in [9.17, 15) is 5.11 Å². The lowest BCUT2D eigenvalue weighted by atomic mass is 9.97. The first-order valence-electron chi connectivity index (χ1n) is 10.2. The van der Waals surface area contributed by atoms with Crippen LogP contribution < -0.4 is 0 Å². The molecule has 0 saturated carbocycles. The summed E-state index contributed by atoms with van der Waals surface area (Å²) in [7, 11) is 0. The summed E-state index contributed by atoms with van der Waals surface area (Å²) in [6.07, 6.45) is 2.41. The minimum atomic E-state index is -0.419. The van der Waals surface area contributed by atoms with Crippen LogP contribution in [0.5, 0.6) is 5.88 Å². The number of benzene rings is 1. The lowest BCUT2D eigenvalue weighted by molar-refractivity contribution is -0.187. The second kappa shape index (κ2) is 7.36. The first-order valence-corrected chi connectivity index (χ1v) is 11.1. The summed E-state index contributed by atoms with van der Waals surface area (Å²) in [6, 6.07) is 8.51. The summed E-state index contributed by atoms with van der Waals surface area (Å²) in [4.78, 5) is 8.59. The number of ether oxygens (including phenoxy) is 2. The van der Waals surface area contributed by atoms with Crippen molar-refractivity contribution in [3.05, 3.63) is 46.1 Å². The molecule has 1 N–H and O–H groups in total. The van der Waals surface area contributed by atoms with E-state index in [-0.39, 0.29) is 11.9 Å². The first kappa shape index (κ1) is 19.0. The van der Waals surface area contributed by atoms with Gasteiger partial charge in [0.1, 0.15) is 0 Å². The van der Waals surface area contributed by atoms with E-state index >= 15 is 0 Å². The van der Waals surface area contributed by atoms with Crippen LogP contribution in [0.1, 0.15) is 47.6 Å². The molecule has 0 unspecified atom stereocenters. The Morgan fingerprint density at radius 3 is 2.48 bits per heavy atom. The van der Waals surface area contributed by atoms with Crippen molar-refractivity contribution in [2.24, 2.45) is 0 Å². The van der Waals surface area contributed by atoms with Crippen molar-refractivity contribution >= 4 is 16.3 Å². The second-order valence-electron chi connectivity index (χ2n) is 7.82. The van der Waals surface area contributed by atoms with Gasteiger partial charge in [0.2, 0.25) is 10.8 Å². The van der Waals surface area contributed by atoms with Crippen LogP contribution in [0.3, 0.4) is 0 Å². The molecular weight excluding hydrogens is 388 g/mol. The van der Waals surface area contributed by atoms with Gasteiger partial charge in [-0.2, -0.15) is 4.52 Å². The zero-order valence-corrected chi connectivity index (χ0v) is 17.6. The number of aryl methyl sites for hydroxylation is 2. The zero-order chi connectivity index (χ0) is 20.0. The molecule has 1 atom stereocenters. The maximum Gasteiger partial charge on any atom is 0.230 e. The molecule has 4 heterocycles. The van der Waals surface area contributed by atoms with Crippen molar-refractivity contribution in [3.8, 4) is 5.88 Å². The van der Waals surface area contributed by atoms with E-state index in [0.29, 0.717) is 13.2 Å². The van der Waals surface area contributed by atoms with Gasteiger partial charge >= 0.3 is 0 Å². The smallest absolute Gasteiger partial charge is 0.230 e. The molecule has 1 aromatic carbocycles. The number of aromatic hydroxyl groups is 1. The van der Waals surface area contributed by atoms with Gasteiger partial charge in [-0.1, -0.05) is 48.1 Å². The van der Waals surface area contributed by atoms with Gasteiger partial charge in [0, 0.05) is 32.4 Å². The van der Waals surface area contributed by atoms with Crippen molar-refractivity contribution in [1.82, 2.24) is 19.5 Å². The van der Waals surface area contributed by atoms with E-state index in [0.717, 1.165) is 53.6 Å². The summed E-state index contributed by atoms with van der Waals surface area (Å²) in [5, 5.41) is 15.5.